The van der Waals surface area contributed by atoms with Crippen LogP contribution in [0, 0.1) is 0 Å². The van der Waals surface area contributed by atoms with Crippen LogP contribution in [0.25, 0.3) is 0 Å². The molecule has 1 rings (SSSR count). The molecule has 0 aliphatic rings. The van der Waals surface area contributed by atoms with Crippen molar-refractivity contribution in [3.05, 3.63) is 5.15 Å². The molecule has 0 bridgehead atoms. The number of hydrogen-bond donors (Lipinski definition) is 0. The van der Waals surface area contributed by atoms with E-state index in [4.69, 9.17) is 11.6 Å². The Morgan fingerprint density at radius 3 is 2.62 bits per heavy atom. The summed E-state index contributed by atoms with van der Waals surface area (Å²) in [6.45, 7) is 0. The molecule has 1 aromatic rings. The van der Waals surface area contributed by atoms with Crippen molar-refractivity contribution < 1.29 is 0 Å². The monoisotopic (exact) mass is 166 g/mol. The minimum absolute atomic E-state index is 0.516. The number of hydrogen-bond acceptors (Lipinski definition) is 4. The van der Waals surface area contributed by atoms with E-state index in [0.717, 1.165) is 16.8 Å². The standard InChI is InChI=1S/C3H3ClN2S2/c1-7-3-2(4)5-8-6-3/h1H3. The van der Waals surface area contributed by atoms with E-state index in [1.807, 2.05) is 6.26 Å². The van der Waals surface area contributed by atoms with Gasteiger partial charge in [-0.25, -0.2) is 0 Å². The Kier molecular flexibility index (Phi) is 2.10. The Balaban J connectivity index is 2.92. The van der Waals surface area contributed by atoms with Gasteiger partial charge in [-0.05, 0) is 6.26 Å². The molecule has 2 nitrogen and oxygen atoms in total. The van der Waals surface area contributed by atoms with E-state index in [1.54, 1.807) is 0 Å². The highest BCUT2D eigenvalue weighted by Gasteiger charge is 2.00. The summed E-state index contributed by atoms with van der Waals surface area (Å²) in [7, 11) is 0. The van der Waals surface area contributed by atoms with Crippen LogP contribution in [0.4, 0.5) is 0 Å². The molecule has 0 aliphatic heterocycles. The highest BCUT2D eigenvalue weighted by molar-refractivity contribution is 7.98. The van der Waals surface area contributed by atoms with Crippen LogP contribution in [0.3, 0.4) is 0 Å². The molecule has 0 N–H and O–H groups in total. The van der Waals surface area contributed by atoms with Gasteiger partial charge in [-0.15, -0.1) is 11.8 Å². The van der Waals surface area contributed by atoms with Gasteiger partial charge in [-0.1, -0.05) is 11.6 Å². The van der Waals surface area contributed by atoms with Crippen molar-refractivity contribution in [3.8, 4) is 0 Å². The van der Waals surface area contributed by atoms with Crippen LogP contribution in [0.1, 0.15) is 0 Å². The number of thioether (sulfide) groups is 1. The fraction of sp³-hybridized carbons (Fsp3) is 0.333. The molecule has 44 valence electrons. The number of rotatable bonds is 1. The summed E-state index contributed by atoms with van der Waals surface area (Å²) in [5, 5.41) is 1.33. The van der Waals surface area contributed by atoms with Crippen LogP contribution < -0.4 is 0 Å². The van der Waals surface area contributed by atoms with E-state index in [9.17, 15) is 0 Å². The van der Waals surface area contributed by atoms with Crippen LogP contribution in [-0.2, 0) is 0 Å². The number of aromatic nitrogens is 2. The molecule has 0 saturated carbocycles. The maximum atomic E-state index is 5.56. The predicted molar refractivity (Wildman–Crippen MR) is 36.7 cm³/mol. The molecule has 8 heavy (non-hydrogen) atoms. The van der Waals surface area contributed by atoms with Gasteiger partial charge in [0.05, 0.1) is 11.7 Å². The topological polar surface area (TPSA) is 25.8 Å². The summed E-state index contributed by atoms with van der Waals surface area (Å²) in [5.74, 6) is 0. The van der Waals surface area contributed by atoms with Crippen molar-refractivity contribution in [2.45, 2.75) is 5.03 Å². The first-order valence-electron chi connectivity index (χ1n) is 1.86. The minimum atomic E-state index is 0.516. The Hall–Kier alpha value is 0.200. The molecule has 0 spiro atoms. The predicted octanol–water partition coefficient (Wildman–Crippen LogP) is 1.91. The summed E-state index contributed by atoms with van der Waals surface area (Å²) >= 11 is 8.20. The fourth-order valence-electron chi connectivity index (χ4n) is 0.292. The summed E-state index contributed by atoms with van der Waals surface area (Å²) in [6, 6.07) is 0. The number of nitrogens with zero attached hydrogens (tertiary/aromatic N) is 2. The lowest BCUT2D eigenvalue weighted by molar-refractivity contribution is 1.27. The van der Waals surface area contributed by atoms with E-state index in [2.05, 4.69) is 8.75 Å². The molecule has 1 aromatic heterocycles. The lowest BCUT2D eigenvalue weighted by Crippen LogP contribution is -1.64. The zero-order valence-corrected chi connectivity index (χ0v) is 6.48. The van der Waals surface area contributed by atoms with Gasteiger partial charge in [0, 0.05) is 0 Å². The molecule has 0 atom stereocenters. The van der Waals surface area contributed by atoms with Gasteiger partial charge >= 0.3 is 0 Å². The first-order valence-corrected chi connectivity index (χ1v) is 4.20. The molecule has 0 saturated heterocycles. The Bertz CT molecular complexity index is 176. The highest BCUT2D eigenvalue weighted by atomic mass is 35.5. The van der Waals surface area contributed by atoms with E-state index in [0.29, 0.717) is 5.15 Å². The summed E-state index contributed by atoms with van der Waals surface area (Å²) in [4.78, 5) is 0. The molecule has 5 heteroatoms. The third kappa shape index (κ3) is 1.13. The average Bonchev–Trinajstić information content (AvgIpc) is 2.14. The van der Waals surface area contributed by atoms with Crippen molar-refractivity contribution in [1.82, 2.24) is 8.75 Å². The van der Waals surface area contributed by atoms with Crippen molar-refractivity contribution in [2.24, 2.45) is 0 Å². The van der Waals surface area contributed by atoms with Crippen LogP contribution in [0.15, 0.2) is 5.03 Å². The Morgan fingerprint density at radius 2 is 2.38 bits per heavy atom. The Morgan fingerprint density at radius 1 is 1.62 bits per heavy atom. The molecular formula is C3H3ClN2S2. The van der Waals surface area contributed by atoms with Crippen molar-refractivity contribution in [1.29, 1.82) is 0 Å². The second kappa shape index (κ2) is 2.66. The van der Waals surface area contributed by atoms with Crippen LogP contribution in [-0.4, -0.2) is 15.0 Å². The van der Waals surface area contributed by atoms with Crippen molar-refractivity contribution in [2.75, 3.05) is 6.26 Å². The smallest absolute Gasteiger partial charge is 0.165 e. The zero-order chi connectivity index (χ0) is 5.98. The molecule has 0 radical (unpaired) electrons. The van der Waals surface area contributed by atoms with Crippen LogP contribution in [0.5, 0.6) is 0 Å². The maximum Gasteiger partial charge on any atom is 0.176 e. The first kappa shape index (κ1) is 6.32. The second-order valence-electron chi connectivity index (χ2n) is 1.06. The summed E-state index contributed by atoms with van der Waals surface area (Å²) < 4.78 is 7.66. The van der Waals surface area contributed by atoms with Gasteiger partial charge in [0.15, 0.2) is 5.15 Å². The lowest BCUT2D eigenvalue weighted by Gasteiger charge is -1.80. The van der Waals surface area contributed by atoms with Gasteiger partial charge in [-0.3, -0.25) is 0 Å². The van der Waals surface area contributed by atoms with E-state index < -0.39 is 0 Å². The molecule has 0 unspecified atom stereocenters. The fourth-order valence-corrected chi connectivity index (χ4v) is 1.74. The molecule has 0 amide bonds. The maximum absolute atomic E-state index is 5.56. The zero-order valence-electron chi connectivity index (χ0n) is 4.09. The molecule has 0 aromatic carbocycles. The highest BCUT2D eigenvalue weighted by Crippen LogP contribution is 2.21. The Labute approximate surface area is 60.6 Å². The van der Waals surface area contributed by atoms with Gasteiger partial charge in [0.2, 0.25) is 0 Å². The van der Waals surface area contributed by atoms with E-state index in [1.165, 1.54) is 11.8 Å². The van der Waals surface area contributed by atoms with Gasteiger partial charge < -0.3 is 0 Å². The largest absolute Gasteiger partial charge is 0.176 e. The van der Waals surface area contributed by atoms with Gasteiger partial charge in [0.1, 0.15) is 5.03 Å². The molecule has 1 heterocycles. The third-order valence-corrected chi connectivity index (χ3v) is 2.41. The van der Waals surface area contributed by atoms with Crippen LogP contribution >= 0.6 is 35.1 Å². The molecular weight excluding hydrogens is 164 g/mol. The summed E-state index contributed by atoms with van der Waals surface area (Å²) in [6.07, 6.45) is 1.92. The molecule has 0 aliphatic carbocycles. The van der Waals surface area contributed by atoms with Gasteiger partial charge in [0.25, 0.3) is 0 Å². The normalized spacial score (nSPS) is 9.75. The van der Waals surface area contributed by atoms with Crippen molar-refractivity contribution >= 4 is 35.1 Å². The molecule has 0 fully saturated rings. The lowest BCUT2D eigenvalue weighted by atomic mass is 10.9. The third-order valence-electron chi connectivity index (χ3n) is 0.615. The first-order chi connectivity index (χ1) is 3.84. The summed E-state index contributed by atoms with van der Waals surface area (Å²) in [5.41, 5.74) is 0. The quantitative estimate of drug-likeness (QED) is 0.597. The average molecular weight is 167 g/mol. The van der Waals surface area contributed by atoms with E-state index >= 15 is 0 Å². The van der Waals surface area contributed by atoms with Crippen molar-refractivity contribution in [3.63, 3.8) is 0 Å². The minimum Gasteiger partial charge on any atom is -0.165 e. The SMILES string of the molecule is CSc1nsnc1Cl. The number of halogens is 1. The van der Waals surface area contributed by atoms with E-state index in [-0.39, 0.29) is 0 Å². The van der Waals surface area contributed by atoms with Crippen LogP contribution in [0.2, 0.25) is 5.15 Å². The van der Waals surface area contributed by atoms with Gasteiger partial charge in [-0.2, -0.15) is 8.75 Å². The second-order valence-corrected chi connectivity index (χ2v) is 2.75.